The second-order valence-corrected chi connectivity index (χ2v) is 7.39. The fraction of sp³-hybridized carbons (Fsp3) is 0.889. The molecule has 2 heterocycles. The summed E-state index contributed by atoms with van der Waals surface area (Å²) in [6.07, 6.45) is 6.53. The highest BCUT2D eigenvalue weighted by Gasteiger charge is 2.46. The van der Waals surface area contributed by atoms with Crippen LogP contribution in [-0.4, -0.2) is 62.8 Å². The molecule has 0 aromatic rings. The Hall–Kier alpha value is -1.18. The lowest BCUT2D eigenvalue weighted by molar-refractivity contribution is -0.152. The summed E-state index contributed by atoms with van der Waals surface area (Å²) in [4.78, 5) is 23.9. The van der Waals surface area contributed by atoms with Crippen molar-refractivity contribution < 1.29 is 33.3 Å². The number of hydrogen-bond acceptors (Lipinski definition) is 7. The van der Waals surface area contributed by atoms with Gasteiger partial charge in [0.1, 0.15) is 13.2 Å². The van der Waals surface area contributed by atoms with Crippen LogP contribution in [0.4, 0.5) is 0 Å². The Morgan fingerprint density at radius 2 is 1.16 bits per heavy atom. The van der Waals surface area contributed by atoms with Crippen LogP contribution in [0.1, 0.15) is 38.5 Å². The van der Waals surface area contributed by atoms with Crippen LogP contribution in [0.5, 0.6) is 0 Å². The number of carbonyl (C=O) groups excluding carboxylic acids is 2. The second kappa shape index (κ2) is 7.60. The number of rotatable bonds is 8. The first-order valence-electron chi connectivity index (χ1n) is 9.42. The summed E-state index contributed by atoms with van der Waals surface area (Å²) in [5.41, 5.74) is 0. The van der Waals surface area contributed by atoms with Gasteiger partial charge in [-0.1, -0.05) is 0 Å². The molecule has 0 aromatic heterocycles. The molecule has 2 saturated carbocycles. The van der Waals surface area contributed by atoms with Crippen LogP contribution in [0.25, 0.3) is 0 Å². The van der Waals surface area contributed by atoms with Crippen LogP contribution in [0.3, 0.4) is 0 Å². The van der Waals surface area contributed by atoms with E-state index >= 15 is 0 Å². The van der Waals surface area contributed by atoms with Crippen molar-refractivity contribution in [1.82, 2.24) is 0 Å². The largest absolute Gasteiger partial charge is 0.463 e. The van der Waals surface area contributed by atoms with Gasteiger partial charge in [-0.15, -0.1) is 0 Å². The van der Waals surface area contributed by atoms with Crippen LogP contribution < -0.4 is 0 Å². The van der Waals surface area contributed by atoms with Gasteiger partial charge in [0.25, 0.3) is 0 Å². The zero-order valence-electron chi connectivity index (χ0n) is 14.4. The average Bonchev–Trinajstić information content (AvgIpc) is 3.53. The van der Waals surface area contributed by atoms with Crippen molar-refractivity contribution in [1.29, 1.82) is 0 Å². The molecule has 0 radical (unpaired) electrons. The molecule has 4 aliphatic rings. The van der Waals surface area contributed by atoms with Gasteiger partial charge in [-0.3, -0.25) is 9.59 Å². The van der Waals surface area contributed by atoms with E-state index in [-0.39, 0.29) is 49.2 Å². The lowest BCUT2D eigenvalue weighted by Gasteiger charge is -2.18. The zero-order valence-corrected chi connectivity index (χ0v) is 14.4. The van der Waals surface area contributed by atoms with E-state index in [0.717, 1.165) is 38.5 Å². The van der Waals surface area contributed by atoms with Crippen LogP contribution in [0, 0.1) is 11.8 Å². The van der Waals surface area contributed by atoms with Crippen LogP contribution >= 0.6 is 0 Å². The maximum Gasteiger partial charge on any atom is 0.309 e. The summed E-state index contributed by atoms with van der Waals surface area (Å²) in [6.45, 7) is 1.11. The Morgan fingerprint density at radius 3 is 1.60 bits per heavy atom. The summed E-state index contributed by atoms with van der Waals surface area (Å²) in [5.74, 6) is -0.366. The summed E-state index contributed by atoms with van der Waals surface area (Å²) >= 11 is 0. The molecule has 25 heavy (non-hydrogen) atoms. The first-order chi connectivity index (χ1) is 12.2. The Bertz CT molecular complexity index is 464. The number of fused-ring (bicyclic) bond motifs is 2. The van der Waals surface area contributed by atoms with Gasteiger partial charge in [0.05, 0.1) is 49.5 Å². The molecule has 0 amide bonds. The molecule has 0 N–H and O–H groups in total. The van der Waals surface area contributed by atoms with Crippen molar-refractivity contribution in [2.24, 2.45) is 11.8 Å². The minimum Gasteiger partial charge on any atom is -0.463 e. The summed E-state index contributed by atoms with van der Waals surface area (Å²) < 4.78 is 26.7. The molecule has 2 aliphatic carbocycles. The molecule has 6 atom stereocenters. The average molecular weight is 354 g/mol. The van der Waals surface area contributed by atoms with E-state index in [0.29, 0.717) is 25.4 Å². The van der Waals surface area contributed by atoms with Crippen molar-refractivity contribution in [3.05, 3.63) is 0 Å². The third kappa shape index (κ3) is 4.51. The number of epoxide rings is 2. The molecule has 2 saturated heterocycles. The number of hydrogen-bond donors (Lipinski definition) is 0. The molecule has 140 valence electrons. The zero-order chi connectivity index (χ0) is 17.2. The summed E-state index contributed by atoms with van der Waals surface area (Å²) in [7, 11) is 0. The van der Waals surface area contributed by atoms with Gasteiger partial charge < -0.3 is 23.7 Å². The predicted molar refractivity (Wildman–Crippen MR) is 84.7 cm³/mol. The molecular formula is C18H26O7. The quantitative estimate of drug-likeness (QED) is 0.368. The van der Waals surface area contributed by atoms with E-state index in [1.54, 1.807) is 0 Å². The van der Waals surface area contributed by atoms with E-state index in [4.69, 9.17) is 23.7 Å². The van der Waals surface area contributed by atoms with E-state index in [1.165, 1.54) is 0 Å². The molecular weight excluding hydrogens is 328 g/mol. The smallest absolute Gasteiger partial charge is 0.309 e. The van der Waals surface area contributed by atoms with Crippen molar-refractivity contribution in [2.45, 2.75) is 62.9 Å². The van der Waals surface area contributed by atoms with Gasteiger partial charge in [0.2, 0.25) is 0 Å². The maximum absolute atomic E-state index is 11.9. The first kappa shape index (κ1) is 17.2. The summed E-state index contributed by atoms with van der Waals surface area (Å²) in [5, 5.41) is 0. The van der Waals surface area contributed by atoms with E-state index < -0.39 is 0 Å². The van der Waals surface area contributed by atoms with Gasteiger partial charge in [0.15, 0.2) is 0 Å². The standard InChI is InChI=1S/C18H26O7/c19-17(11-1-3-13-15(9-11)24-13)22-7-5-21-6-8-23-18(20)12-2-4-14-16(10-12)25-14/h11-16H,1-10H2. The summed E-state index contributed by atoms with van der Waals surface area (Å²) in [6, 6.07) is 0. The molecule has 4 rings (SSSR count). The predicted octanol–water partition coefficient (Wildman–Crippen LogP) is 1.22. The van der Waals surface area contributed by atoms with E-state index in [2.05, 4.69) is 0 Å². The molecule has 6 unspecified atom stereocenters. The van der Waals surface area contributed by atoms with Gasteiger partial charge in [0, 0.05) is 0 Å². The van der Waals surface area contributed by atoms with Gasteiger partial charge in [-0.25, -0.2) is 0 Å². The first-order valence-corrected chi connectivity index (χ1v) is 9.42. The lowest BCUT2D eigenvalue weighted by atomic mass is 9.89. The topological polar surface area (TPSA) is 86.9 Å². The fourth-order valence-electron chi connectivity index (χ4n) is 3.98. The molecule has 0 bridgehead atoms. The molecule has 7 nitrogen and oxygen atoms in total. The highest BCUT2D eigenvalue weighted by Crippen LogP contribution is 2.40. The third-order valence-corrected chi connectivity index (χ3v) is 5.62. The van der Waals surface area contributed by atoms with Crippen molar-refractivity contribution in [2.75, 3.05) is 26.4 Å². The van der Waals surface area contributed by atoms with Crippen molar-refractivity contribution in [3.63, 3.8) is 0 Å². The number of carbonyl (C=O) groups is 2. The lowest BCUT2D eigenvalue weighted by Crippen LogP contribution is -2.26. The number of esters is 2. The Kier molecular flexibility index (Phi) is 5.24. The monoisotopic (exact) mass is 354 g/mol. The van der Waals surface area contributed by atoms with Crippen molar-refractivity contribution >= 4 is 11.9 Å². The maximum atomic E-state index is 11.9. The van der Waals surface area contributed by atoms with Crippen LogP contribution in [0.2, 0.25) is 0 Å². The Balaban J connectivity index is 1.00. The second-order valence-electron chi connectivity index (χ2n) is 7.39. The molecule has 4 fully saturated rings. The molecule has 0 aromatic carbocycles. The molecule has 2 aliphatic heterocycles. The minimum atomic E-state index is -0.151. The van der Waals surface area contributed by atoms with Gasteiger partial charge in [-0.05, 0) is 38.5 Å². The van der Waals surface area contributed by atoms with Gasteiger partial charge >= 0.3 is 11.9 Å². The molecule has 0 spiro atoms. The van der Waals surface area contributed by atoms with E-state index in [1.807, 2.05) is 0 Å². The number of ether oxygens (including phenoxy) is 5. The van der Waals surface area contributed by atoms with Crippen LogP contribution in [0.15, 0.2) is 0 Å². The Morgan fingerprint density at radius 1 is 0.680 bits per heavy atom. The third-order valence-electron chi connectivity index (χ3n) is 5.62. The highest BCUT2D eigenvalue weighted by atomic mass is 16.6. The van der Waals surface area contributed by atoms with Crippen molar-refractivity contribution in [3.8, 4) is 0 Å². The highest BCUT2D eigenvalue weighted by molar-refractivity contribution is 5.73. The van der Waals surface area contributed by atoms with Gasteiger partial charge in [-0.2, -0.15) is 0 Å². The Labute approximate surface area is 147 Å². The molecule has 7 heteroatoms. The minimum absolute atomic E-state index is 0.0322. The normalized spacial score (nSPS) is 38.2. The fourth-order valence-corrected chi connectivity index (χ4v) is 3.98. The van der Waals surface area contributed by atoms with E-state index in [9.17, 15) is 9.59 Å². The SMILES string of the molecule is O=C(OCCOCCOC(=O)C1CCC2OC2C1)C1CCC2OC2C1. The van der Waals surface area contributed by atoms with Crippen LogP contribution in [-0.2, 0) is 33.3 Å².